The second-order valence-corrected chi connectivity index (χ2v) is 3.64. The molecule has 0 aromatic rings. The Morgan fingerprint density at radius 1 is 1.36 bits per heavy atom. The number of nitrogens with one attached hydrogen (secondary N) is 2. The molecule has 0 aliphatic heterocycles. The van der Waals surface area contributed by atoms with E-state index in [1.54, 1.807) is 13.8 Å². The summed E-state index contributed by atoms with van der Waals surface area (Å²) in [6, 6.07) is 0. The number of hydrogen-bond donors (Lipinski definition) is 3. The summed E-state index contributed by atoms with van der Waals surface area (Å²) < 4.78 is 0. The average molecular weight is 201 g/mol. The van der Waals surface area contributed by atoms with Gasteiger partial charge in [-0.1, -0.05) is 0 Å². The molecule has 0 aliphatic carbocycles. The molecular formula is C9H19N3O2. The van der Waals surface area contributed by atoms with E-state index in [4.69, 9.17) is 5.73 Å². The van der Waals surface area contributed by atoms with Gasteiger partial charge in [-0.3, -0.25) is 9.59 Å². The number of likely N-dealkylation sites (N-methyl/N-ethyl adjacent to an activating group) is 1. The van der Waals surface area contributed by atoms with Crippen LogP contribution in [0.25, 0.3) is 0 Å². The Balaban J connectivity index is 4.08. The fraction of sp³-hybridized carbons (Fsp3) is 0.778. The van der Waals surface area contributed by atoms with Crippen molar-refractivity contribution in [3.8, 4) is 0 Å². The van der Waals surface area contributed by atoms with Crippen molar-refractivity contribution in [3.63, 3.8) is 0 Å². The molecule has 0 heterocycles. The quantitative estimate of drug-likeness (QED) is 0.553. The highest BCUT2D eigenvalue weighted by Gasteiger charge is 2.27. The normalized spacial score (nSPS) is 10.9. The van der Waals surface area contributed by atoms with Gasteiger partial charge in [0.15, 0.2) is 0 Å². The lowest BCUT2D eigenvalue weighted by Crippen LogP contribution is -2.53. The van der Waals surface area contributed by atoms with Crippen molar-refractivity contribution in [1.82, 2.24) is 10.6 Å². The lowest BCUT2D eigenvalue weighted by atomic mass is 10.0. The molecule has 14 heavy (non-hydrogen) atoms. The number of rotatable bonds is 5. The van der Waals surface area contributed by atoms with Crippen LogP contribution in [-0.2, 0) is 9.59 Å². The van der Waals surface area contributed by atoms with Gasteiger partial charge in [0.1, 0.15) is 5.54 Å². The SMILES string of the molecule is CNC(=O)C(C)(C)NC(=O)CCCN. The Morgan fingerprint density at radius 3 is 2.36 bits per heavy atom. The molecular weight excluding hydrogens is 182 g/mol. The van der Waals surface area contributed by atoms with E-state index < -0.39 is 5.54 Å². The molecule has 0 aromatic carbocycles. The first-order valence-corrected chi connectivity index (χ1v) is 4.67. The molecule has 0 rings (SSSR count). The summed E-state index contributed by atoms with van der Waals surface area (Å²) in [7, 11) is 1.54. The maximum absolute atomic E-state index is 11.3. The summed E-state index contributed by atoms with van der Waals surface area (Å²) in [5, 5.41) is 5.12. The van der Waals surface area contributed by atoms with Crippen LogP contribution in [0.3, 0.4) is 0 Å². The number of hydrogen-bond acceptors (Lipinski definition) is 3. The maximum atomic E-state index is 11.3. The first-order chi connectivity index (χ1) is 6.44. The van der Waals surface area contributed by atoms with Crippen LogP contribution in [0.4, 0.5) is 0 Å². The minimum absolute atomic E-state index is 0.149. The summed E-state index contributed by atoms with van der Waals surface area (Å²) in [5.41, 5.74) is 4.41. The Morgan fingerprint density at radius 2 is 1.93 bits per heavy atom. The highest BCUT2D eigenvalue weighted by molar-refractivity contribution is 5.90. The van der Waals surface area contributed by atoms with Crippen molar-refractivity contribution in [1.29, 1.82) is 0 Å². The van der Waals surface area contributed by atoms with E-state index in [1.807, 2.05) is 0 Å². The number of nitrogens with two attached hydrogens (primary N) is 1. The van der Waals surface area contributed by atoms with Crippen molar-refractivity contribution in [2.24, 2.45) is 5.73 Å². The molecule has 0 aromatic heterocycles. The zero-order valence-electron chi connectivity index (χ0n) is 9.02. The molecule has 2 amide bonds. The van der Waals surface area contributed by atoms with E-state index in [9.17, 15) is 9.59 Å². The molecule has 82 valence electrons. The predicted octanol–water partition coefficient (Wildman–Crippen LogP) is -0.634. The van der Waals surface area contributed by atoms with Crippen LogP contribution >= 0.6 is 0 Å². The van der Waals surface area contributed by atoms with Crippen LogP contribution in [0.5, 0.6) is 0 Å². The second-order valence-electron chi connectivity index (χ2n) is 3.64. The van der Waals surface area contributed by atoms with Crippen LogP contribution in [0, 0.1) is 0 Å². The first kappa shape index (κ1) is 12.9. The number of carbonyl (C=O) groups is 2. The zero-order valence-corrected chi connectivity index (χ0v) is 9.02. The van der Waals surface area contributed by atoms with Gasteiger partial charge in [0, 0.05) is 13.5 Å². The van der Waals surface area contributed by atoms with Gasteiger partial charge < -0.3 is 16.4 Å². The van der Waals surface area contributed by atoms with Crippen molar-refractivity contribution in [2.45, 2.75) is 32.2 Å². The standard InChI is InChI=1S/C9H19N3O2/c1-9(2,8(14)11-3)12-7(13)5-4-6-10/h4-6,10H2,1-3H3,(H,11,14)(H,12,13). The Hall–Kier alpha value is -1.10. The Labute approximate surface area is 84.4 Å². The smallest absolute Gasteiger partial charge is 0.244 e. The number of amides is 2. The fourth-order valence-corrected chi connectivity index (χ4v) is 1.04. The predicted molar refractivity (Wildman–Crippen MR) is 54.6 cm³/mol. The van der Waals surface area contributed by atoms with Crippen molar-refractivity contribution >= 4 is 11.8 Å². The van der Waals surface area contributed by atoms with Gasteiger partial charge >= 0.3 is 0 Å². The highest BCUT2D eigenvalue weighted by Crippen LogP contribution is 2.02. The molecule has 0 bridgehead atoms. The van der Waals surface area contributed by atoms with Crippen LogP contribution < -0.4 is 16.4 Å². The largest absolute Gasteiger partial charge is 0.357 e. The molecule has 0 saturated carbocycles. The first-order valence-electron chi connectivity index (χ1n) is 4.67. The zero-order chi connectivity index (χ0) is 11.2. The maximum Gasteiger partial charge on any atom is 0.244 e. The third-order valence-electron chi connectivity index (χ3n) is 1.85. The molecule has 0 atom stereocenters. The van der Waals surface area contributed by atoms with Gasteiger partial charge in [-0.15, -0.1) is 0 Å². The van der Waals surface area contributed by atoms with Gasteiger partial charge in [0.2, 0.25) is 11.8 Å². The lowest BCUT2D eigenvalue weighted by Gasteiger charge is -2.24. The van der Waals surface area contributed by atoms with Crippen molar-refractivity contribution in [2.75, 3.05) is 13.6 Å². The molecule has 0 radical (unpaired) electrons. The van der Waals surface area contributed by atoms with Crippen LogP contribution in [0.2, 0.25) is 0 Å². The molecule has 0 aliphatic rings. The van der Waals surface area contributed by atoms with Crippen LogP contribution in [-0.4, -0.2) is 30.9 Å². The summed E-state index contributed by atoms with van der Waals surface area (Å²) in [6.45, 7) is 3.80. The van der Waals surface area contributed by atoms with Gasteiger partial charge in [-0.05, 0) is 26.8 Å². The third kappa shape index (κ3) is 4.23. The van der Waals surface area contributed by atoms with Gasteiger partial charge in [-0.25, -0.2) is 0 Å². The topological polar surface area (TPSA) is 84.2 Å². The molecule has 0 fully saturated rings. The van der Waals surface area contributed by atoms with Gasteiger partial charge in [-0.2, -0.15) is 0 Å². The molecule has 0 spiro atoms. The molecule has 5 heteroatoms. The lowest BCUT2D eigenvalue weighted by molar-refractivity contribution is -0.132. The monoisotopic (exact) mass is 201 g/mol. The summed E-state index contributed by atoms with van der Waals surface area (Å²) in [4.78, 5) is 22.6. The fourth-order valence-electron chi connectivity index (χ4n) is 1.04. The van der Waals surface area contributed by atoms with Crippen molar-refractivity contribution in [3.05, 3.63) is 0 Å². The van der Waals surface area contributed by atoms with Crippen LogP contribution in [0.15, 0.2) is 0 Å². The van der Waals surface area contributed by atoms with E-state index in [2.05, 4.69) is 10.6 Å². The van der Waals surface area contributed by atoms with Crippen LogP contribution in [0.1, 0.15) is 26.7 Å². The minimum atomic E-state index is -0.861. The van der Waals surface area contributed by atoms with Gasteiger partial charge in [0.05, 0.1) is 0 Å². The molecule has 5 nitrogen and oxygen atoms in total. The van der Waals surface area contributed by atoms with E-state index in [0.717, 1.165) is 0 Å². The molecule has 4 N–H and O–H groups in total. The van der Waals surface area contributed by atoms with E-state index in [-0.39, 0.29) is 11.8 Å². The highest BCUT2D eigenvalue weighted by atomic mass is 16.2. The van der Waals surface area contributed by atoms with E-state index >= 15 is 0 Å². The van der Waals surface area contributed by atoms with E-state index in [1.165, 1.54) is 7.05 Å². The average Bonchev–Trinajstić information content (AvgIpc) is 2.12. The molecule has 0 unspecified atom stereocenters. The summed E-state index contributed by atoms with van der Waals surface area (Å²) in [5.74, 6) is -0.359. The van der Waals surface area contributed by atoms with Gasteiger partial charge in [0.25, 0.3) is 0 Å². The summed E-state index contributed by atoms with van der Waals surface area (Å²) >= 11 is 0. The third-order valence-corrected chi connectivity index (χ3v) is 1.85. The minimum Gasteiger partial charge on any atom is -0.357 e. The Bertz CT molecular complexity index is 214. The second kappa shape index (κ2) is 5.59. The van der Waals surface area contributed by atoms with E-state index in [0.29, 0.717) is 19.4 Å². The van der Waals surface area contributed by atoms with Crippen molar-refractivity contribution < 1.29 is 9.59 Å². The Kier molecular flexibility index (Phi) is 5.15. The molecule has 0 saturated heterocycles. The number of carbonyl (C=O) groups excluding carboxylic acids is 2. The summed E-state index contributed by atoms with van der Waals surface area (Å²) in [6.07, 6.45) is 0.993.